The standard InChI is InChI=1S/C14H10BrIN2O/c15-10-5-2-6-11-12(10)13(14(19)18-11)17-9-4-1-3-8(16)7-9/h1-7,13,17H,(H,18,19). The first-order valence-corrected chi connectivity index (χ1v) is 7.64. The van der Waals surface area contributed by atoms with E-state index in [1.807, 2.05) is 42.5 Å². The van der Waals surface area contributed by atoms with Crippen LogP contribution < -0.4 is 10.6 Å². The van der Waals surface area contributed by atoms with Crippen LogP contribution >= 0.6 is 38.5 Å². The second-order valence-electron chi connectivity index (χ2n) is 4.28. The van der Waals surface area contributed by atoms with E-state index < -0.39 is 0 Å². The van der Waals surface area contributed by atoms with E-state index in [-0.39, 0.29) is 11.9 Å². The number of halogens is 2. The van der Waals surface area contributed by atoms with Crippen LogP contribution in [0, 0.1) is 3.57 Å². The monoisotopic (exact) mass is 428 g/mol. The minimum absolute atomic E-state index is 0.0271. The van der Waals surface area contributed by atoms with E-state index in [1.165, 1.54) is 0 Å². The van der Waals surface area contributed by atoms with Crippen molar-refractivity contribution in [2.24, 2.45) is 0 Å². The lowest BCUT2D eigenvalue weighted by molar-refractivity contribution is -0.116. The third-order valence-electron chi connectivity index (χ3n) is 3.00. The molecule has 0 radical (unpaired) electrons. The van der Waals surface area contributed by atoms with E-state index in [0.29, 0.717) is 0 Å². The third-order valence-corrected chi connectivity index (χ3v) is 4.36. The van der Waals surface area contributed by atoms with Crippen molar-refractivity contribution in [3.63, 3.8) is 0 Å². The molecule has 0 aliphatic carbocycles. The van der Waals surface area contributed by atoms with Gasteiger partial charge in [0.2, 0.25) is 0 Å². The Labute approximate surface area is 133 Å². The smallest absolute Gasteiger partial charge is 0.251 e. The minimum Gasteiger partial charge on any atom is -0.370 e. The van der Waals surface area contributed by atoms with Gasteiger partial charge in [-0.25, -0.2) is 0 Å². The van der Waals surface area contributed by atoms with Crippen LogP contribution in [-0.4, -0.2) is 5.91 Å². The lowest BCUT2D eigenvalue weighted by Gasteiger charge is -2.14. The van der Waals surface area contributed by atoms with Crippen molar-refractivity contribution < 1.29 is 4.79 Å². The van der Waals surface area contributed by atoms with Gasteiger partial charge < -0.3 is 10.6 Å². The van der Waals surface area contributed by atoms with Crippen LogP contribution in [0.4, 0.5) is 11.4 Å². The van der Waals surface area contributed by atoms with Gasteiger partial charge in [0, 0.05) is 25.0 Å². The maximum absolute atomic E-state index is 12.1. The molecule has 0 saturated heterocycles. The van der Waals surface area contributed by atoms with Crippen molar-refractivity contribution >= 4 is 55.8 Å². The van der Waals surface area contributed by atoms with Gasteiger partial charge in [0.25, 0.3) is 5.91 Å². The van der Waals surface area contributed by atoms with Crippen molar-refractivity contribution in [2.75, 3.05) is 10.6 Å². The summed E-state index contributed by atoms with van der Waals surface area (Å²) in [7, 11) is 0. The maximum atomic E-state index is 12.1. The van der Waals surface area contributed by atoms with Gasteiger partial charge in [-0.1, -0.05) is 28.1 Å². The van der Waals surface area contributed by atoms with Crippen LogP contribution in [0.2, 0.25) is 0 Å². The fourth-order valence-corrected chi connectivity index (χ4v) is 3.30. The average Bonchev–Trinajstić information content (AvgIpc) is 2.67. The summed E-state index contributed by atoms with van der Waals surface area (Å²) in [4.78, 5) is 12.1. The number of benzene rings is 2. The van der Waals surface area contributed by atoms with E-state index in [9.17, 15) is 4.79 Å². The van der Waals surface area contributed by atoms with Gasteiger partial charge >= 0.3 is 0 Å². The number of carbonyl (C=O) groups excluding carboxylic acids is 1. The van der Waals surface area contributed by atoms with Crippen molar-refractivity contribution in [3.8, 4) is 0 Å². The van der Waals surface area contributed by atoms with Crippen LogP contribution in [0.25, 0.3) is 0 Å². The number of hydrogen-bond acceptors (Lipinski definition) is 2. The molecule has 2 N–H and O–H groups in total. The molecule has 2 aromatic rings. The molecule has 1 aliphatic heterocycles. The number of hydrogen-bond donors (Lipinski definition) is 2. The average molecular weight is 429 g/mol. The van der Waals surface area contributed by atoms with Gasteiger partial charge in [-0.05, 0) is 52.9 Å². The normalized spacial score (nSPS) is 16.9. The molecule has 3 rings (SSSR count). The van der Waals surface area contributed by atoms with Gasteiger partial charge in [0.05, 0.1) is 0 Å². The number of nitrogens with one attached hydrogen (secondary N) is 2. The zero-order valence-corrected chi connectivity index (χ0v) is 13.5. The topological polar surface area (TPSA) is 41.1 Å². The first-order chi connectivity index (χ1) is 9.15. The Morgan fingerprint density at radius 2 is 2.00 bits per heavy atom. The molecule has 0 aromatic heterocycles. The summed E-state index contributed by atoms with van der Waals surface area (Å²) in [6.07, 6.45) is 0. The Morgan fingerprint density at radius 3 is 2.79 bits per heavy atom. The summed E-state index contributed by atoms with van der Waals surface area (Å²) in [5.41, 5.74) is 2.77. The fraction of sp³-hybridized carbons (Fsp3) is 0.0714. The lowest BCUT2D eigenvalue weighted by atomic mass is 10.1. The zero-order valence-electron chi connectivity index (χ0n) is 9.78. The van der Waals surface area contributed by atoms with Gasteiger partial charge in [-0.2, -0.15) is 0 Å². The molecule has 1 unspecified atom stereocenters. The predicted octanol–water partition coefficient (Wildman–Crippen LogP) is 4.16. The SMILES string of the molecule is O=C1Nc2cccc(Br)c2C1Nc1cccc(I)c1. The summed E-state index contributed by atoms with van der Waals surface area (Å²) in [6.45, 7) is 0. The predicted molar refractivity (Wildman–Crippen MR) is 88.3 cm³/mol. The highest BCUT2D eigenvalue weighted by molar-refractivity contribution is 14.1. The van der Waals surface area contributed by atoms with Crippen molar-refractivity contribution in [3.05, 3.63) is 56.1 Å². The van der Waals surface area contributed by atoms with E-state index in [0.717, 1.165) is 25.0 Å². The molecule has 0 fully saturated rings. The summed E-state index contributed by atoms with van der Waals surface area (Å²) in [5, 5.41) is 6.17. The molecule has 19 heavy (non-hydrogen) atoms. The number of carbonyl (C=O) groups is 1. The Morgan fingerprint density at radius 1 is 1.21 bits per heavy atom. The van der Waals surface area contributed by atoms with Crippen LogP contribution in [0.15, 0.2) is 46.9 Å². The van der Waals surface area contributed by atoms with Gasteiger partial charge in [0.1, 0.15) is 6.04 Å². The van der Waals surface area contributed by atoms with Crippen molar-refractivity contribution in [2.45, 2.75) is 6.04 Å². The molecule has 0 bridgehead atoms. The summed E-state index contributed by atoms with van der Waals surface area (Å²) >= 11 is 5.76. The number of amides is 1. The molecule has 5 heteroatoms. The van der Waals surface area contributed by atoms with Crippen LogP contribution in [0.3, 0.4) is 0 Å². The highest BCUT2D eigenvalue weighted by Crippen LogP contribution is 2.38. The summed E-state index contributed by atoms with van der Waals surface area (Å²) in [5.74, 6) is -0.0271. The highest BCUT2D eigenvalue weighted by Gasteiger charge is 2.32. The molecular formula is C14H10BrIN2O. The Kier molecular flexibility index (Phi) is 3.49. The van der Waals surface area contributed by atoms with Crippen molar-refractivity contribution in [1.29, 1.82) is 0 Å². The zero-order chi connectivity index (χ0) is 13.4. The molecule has 1 amide bonds. The minimum atomic E-state index is -0.358. The van der Waals surface area contributed by atoms with E-state index >= 15 is 0 Å². The largest absolute Gasteiger partial charge is 0.370 e. The van der Waals surface area contributed by atoms with E-state index in [2.05, 4.69) is 49.2 Å². The van der Waals surface area contributed by atoms with Crippen LogP contribution in [-0.2, 0) is 4.79 Å². The molecule has 3 nitrogen and oxygen atoms in total. The highest BCUT2D eigenvalue weighted by atomic mass is 127. The van der Waals surface area contributed by atoms with E-state index in [4.69, 9.17) is 0 Å². The second-order valence-corrected chi connectivity index (χ2v) is 6.38. The third kappa shape index (κ3) is 2.49. The summed E-state index contributed by atoms with van der Waals surface area (Å²) < 4.78 is 2.07. The molecule has 96 valence electrons. The lowest BCUT2D eigenvalue weighted by Crippen LogP contribution is -2.19. The van der Waals surface area contributed by atoms with Gasteiger partial charge in [0.15, 0.2) is 0 Å². The Hall–Kier alpha value is -1.08. The quantitative estimate of drug-likeness (QED) is 0.705. The molecular weight excluding hydrogens is 419 g/mol. The molecule has 1 heterocycles. The van der Waals surface area contributed by atoms with Crippen LogP contribution in [0.1, 0.15) is 11.6 Å². The van der Waals surface area contributed by atoms with E-state index in [1.54, 1.807) is 0 Å². The van der Waals surface area contributed by atoms with Crippen molar-refractivity contribution in [1.82, 2.24) is 0 Å². The van der Waals surface area contributed by atoms with Gasteiger partial charge in [-0.3, -0.25) is 4.79 Å². The second kappa shape index (κ2) is 5.13. The molecule has 1 aliphatic rings. The Bertz CT molecular complexity index is 660. The molecule has 2 aromatic carbocycles. The maximum Gasteiger partial charge on any atom is 0.251 e. The van der Waals surface area contributed by atoms with Gasteiger partial charge in [-0.15, -0.1) is 0 Å². The first kappa shape index (κ1) is 12.9. The Balaban J connectivity index is 1.97. The molecule has 0 spiro atoms. The fourth-order valence-electron chi connectivity index (χ4n) is 2.16. The molecule has 1 atom stereocenters. The van der Waals surface area contributed by atoms with Crippen LogP contribution in [0.5, 0.6) is 0 Å². The number of rotatable bonds is 2. The summed E-state index contributed by atoms with van der Waals surface area (Å²) in [6, 6.07) is 13.4. The first-order valence-electron chi connectivity index (χ1n) is 5.76. The number of fused-ring (bicyclic) bond motifs is 1. The number of anilines is 2. The molecule has 0 saturated carbocycles.